The van der Waals surface area contributed by atoms with Crippen molar-refractivity contribution in [2.45, 2.75) is 39.8 Å². The van der Waals surface area contributed by atoms with E-state index in [2.05, 4.69) is 23.2 Å². The van der Waals surface area contributed by atoms with Crippen LogP contribution in [0.1, 0.15) is 36.8 Å². The van der Waals surface area contributed by atoms with Crippen molar-refractivity contribution >= 4 is 9.84 Å². The summed E-state index contributed by atoms with van der Waals surface area (Å²) < 4.78 is 29.0. The molecule has 21 heavy (non-hydrogen) atoms. The van der Waals surface area contributed by atoms with Crippen LogP contribution in [0.25, 0.3) is 0 Å². The SMILES string of the molecule is CCCNCc1cc(CN2CCCS(=O)(=O)CC2)oc1C. The van der Waals surface area contributed by atoms with Gasteiger partial charge in [0.1, 0.15) is 11.5 Å². The first-order valence-corrected chi connectivity index (χ1v) is 9.54. The zero-order valence-corrected chi connectivity index (χ0v) is 13.8. The molecule has 0 spiro atoms. The number of aryl methyl sites for hydroxylation is 1. The minimum absolute atomic E-state index is 0.262. The van der Waals surface area contributed by atoms with Crippen LogP contribution in [0.3, 0.4) is 0 Å². The molecule has 1 aromatic heterocycles. The van der Waals surface area contributed by atoms with Crippen LogP contribution in [0.5, 0.6) is 0 Å². The maximum atomic E-state index is 11.6. The molecule has 6 heteroatoms. The number of sulfone groups is 1. The quantitative estimate of drug-likeness (QED) is 0.810. The molecule has 1 fully saturated rings. The number of furan rings is 1. The second-order valence-corrected chi connectivity index (χ2v) is 8.06. The lowest BCUT2D eigenvalue weighted by atomic mass is 10.2. The Bertz CT molecular complexity index is 551. The van der Waals surface area contributed by atoms with Crippen LogP contribution in [0, 0.1) is 6.92 Å². The van der Waals surface area contributed by atoms with Crippen LogP contribution in [-0.4, -0.2) is 44.5 Å². The number of hydrogen-bond acceptors (Lipinski definition) is 5. The minimum atomic E-state index is -2.84. The molecule has 0 bridgehead atoms. The molecule has 1 saturated heterocycles. The number of nitrogens with zero attached hydrogens (tertiary/aromatic N) is 1. The third-order valence-electron chi connectivity index (χ3n) is 3.84. The van der Waals surface area contributed by atoms with Gasteiger partial charge in [-0.2, -0.15) is 0 Å². The third-order valence-corrected chi connectivity index (χ3v) is 5.56. The Hall–Kier alpha value is -0.850. The van der Waals surface area contributed by atoms with Gasteiger partial charge in [0.25, 0.3) is 0 Å². The Kier molecular flexibility index (Phi) is 5.84. The molecular weight excluding hydrogens is 288 g/mol. The van der Waals surface area contributed by atoms with Crippen LogP contribution < -0.4 is 5.32 Å². The summed E-state index contributed by atoms with van der Waals surface area (Å²) in [7, 11) is -2.84. The fraction of sp³-hybridized carbons (Fsp3) is 0.733. The Balaban J connectivity index is 1.92. The summed E-state index contributed by atoms with van der Waals surface area (Å²) in [5, 5.41) is 3.38. The van der Waals surface area contributed by atoms with E-state index in [0.29, 0.717) is 25.3 Å². The summed E-state index contributed by atoms with van der Waals surface area (Å²) in [4.78, 5) is 2.17. The van der Waals surface area contributed by atoms with Crippen molar-refractivity contribution in [3.8, 4) is 0 Å². The molecule has 0 aromatic carbocycles. The van der Waals surface area contributed by atoms with E-state index < -0.39 is 9.84 Å². The van der Waals surface area contributed by atoms with Gasteiger partial charge in [-0.05, 0) is 38.9 Å². The lowest BCUT2D eigenvalue weighted by Gasteiger charge is -2.17. The average Bonchev–Trinajstić information content (AvgIpc) is 2.66. The molecule has 5 nitrogen and oxygen atoms in total. The van der Waals surface area contributed by atoms with Crippen LogP contribution in [0.4, 0.5) is 0 Å². The molecule has 0 amide bonds. The standard InChI is InChI=1S/C15H26N2O3S/c1-3-5-16-11-14-10-15(20-13(14)2)12-17-6-4-8-21(18,19)9-7-17/h10,16H,3-9,11-12H2,1-2H3. The predicted molar refractivity (Wildman–Crippen MR) is 84.0 cm³/mol. The molecule has 0 aliphatic carbocycles. The van der Waals surface area contributed by atoms with Crippen LogP contribution in [-0.2, 0) is 22.9 Å². The van der Waals surface area contributed by atoms with Gasteiger partial charge in [-0.3, -0.25) is 4.90 Å². The maximum Gasteiger partial charge on any atom is 0.151 e. The lowest BCUT2D eigenvalue weighted by Crippen LogP contribution is -2.26. The van der Waals surface area contributed by atoms with Crippen LogP contribution in [0.15, 0.2) is 10.5 Å². The van der Waals surface area contributed by atoms with E-state index in [9.17, 15) is 8.42 Å². The van der Waals surface area contributed by atoms with Gasteiger partial charge in [0.15, 0.2) is 9.84 Å². The minimum Gasteiger partial charge on any atom is -0.465 e. The fourth-order valence-corrected chi connectivity index (χ4v) is 3.92. The molecular formula is C15H26N2O3S. The van der Waals surface area contributed by atoms with E-state index in [-0.39, 0.29) is 5.75 Å². The van der Waals surface area contributed by atoms with Crippen molar-refractivity contribution < 1.29 is 12.8 Å². The highest BCUT2D eigenvalue weighted by molar-refractivity contribution is 7.91. The topological polar surface area (TPSA) is 62.6 Å². The van der Waals surface area contributed by atoms with Gasteiger partial charge >= 0.3 is 0 Å². The molecule has 1 aromatic rings. The Morgan fingerprint density at radius 2 is 2.14 bits per heavy atom. The van der Waals surface area contributed by atoms with E-state index in [0.717, 1.165) is 37.6 Å². The van der Waals surface area contributed by atoms with Crippen molar-refractivity contribution in [3.05, 3.63) is 23.2 Å². The van der Waals surface area contributed by atoms with Gasteiger partial charge in [0.2, 0.25) is 0 Å². The Labute approximate surface area is 127 Å². The van der Waals surface area contributed by atoms with Crippen molar-refractivity contribution in [2.24, 2.45) is 0 Å². The molecule has 1 aliphatic heterocycles. The number of rotatable bonds is 6. The summed E-state index contributed by atoms with van der Waals surface area (Å²) in [6.07, 6.45) is 1.83. The molecule has 2 heterocycles. The first kappa shape index (κ1) is 16.5. The zero-order valence-electron chi connectivity index (χ0n) is 13.0. The normalized spacial score (nSPS) is 19.5. The highest BCUT2D eigenvalue weighted by atomic mass is 32.2. The molecule has 0 unspecified atom stereocenters. The van der Waals surface area contributed by atoms with Gasteiger partial charge in [0.05, 0.1) is 18.1 Å². The van der Waals surface area contributed by atoms with Gasteiger partial charge in [-0.1, -0.05) is 6.92 Å². The molecule has 120 valence electrons. The van der Waals surface area contributed by atoms with Gasteiger partial charge in [-0.15, -0.1) is 0 Å². The molecule has 0 atom stereocenters. The smallest absolute Gasteiger partial charge is 0.151 e. The summed E-state index contributed by atoms with van der Waals surface area (Å²) in [5.41, 5.74) is 1.20. The zero-order chi connectivity index (χ0) is 15.3. The van der Waals surface area contributed by atoms with E-state index in [1.54, 1.807) is 0 Å². The highest BCUT2D eigenvalue weighted by Crippen LogP contribution is 2.17. The molecule has 0 saturated carbocycles. The monoisotopic (exact) mass is 314 g/mol. The molecule has 0 radical (unpaired) electrons. The first-order chi connectivity index (χ1) is 10.00. The lowest BCUT2D eigenvalue weighted by molar-refractivity contribution is 0.260. The van der Waals surface area contributed by atoms with E-state index in [1.165, 1.54) is 5.56 Å². The Morgan fingerprint density at radius 1 is 1.33 bits per heavy atom. The van der Waals surface area contributed by atoms with Gasteiger partial charge in [0, 0.05) is 18.7 Å². The van der Waals surface area contributed by atoms with Gasteiger partial charge in [-0.25, -0.2) is 8.42 Å². The molecule has 1 N–H and O–H groups in total. The van der Waals surface area contributed by atoms with Crippen molar-refractivity contribution in [1.82, 2.24) is 10.2 Å². The van der Waals surface area contributed by atoms with Crippen molar-refractivity contribution in [1.29, 1.82) is 0 Å². The maximum absolute atomic E-state index is 11.6. The van der Waals surface area contributed by atoms with Crippen molar-refractivity contribution in [2.75, 3.05) is 31.1 Å². The average molecular weight is 314 g/mol. The second kappa shape index (κ2) is 7.42. The summed E-state index contributed by atoms with van der Waals surface area (Å²) in [5.74, 6) is 2.46. The van der Waals surface area contributed by atoms with Crippen molar-refractivity contribution in [3.63, 3.8) is 0 Å². The summed E-state index contributed by atoms with van der Waals surface area (Å²) >= 11 is 0. The summed E-state index contributed by atoms with van der Waals surface area (Å²) in [6.45, 7) is 8.09. The Morgan fingerprint density at radius 3 is 2.90 bits per heavy atom. The first-order valence-electron chi connectivity index (χ1n) is 7.72. The van der Waals surface area contributed by atoms with E-state index in [4.69, 9.17) is 4.42 Å². The second-order valence-electron chi connectivity index (χ2n) is 5.75. The van der Waals surface area contributed by atoms with E-state index in [1.807, 2.05) is 6.92 Å². The fourth-order valence-electron chi connectivity index (χ4n) is 2.61. The number of hydrogen-bond donors (Lipinski definition) is 1. The largest absolute Gasteiger partial charge is 0.465 e. The van der Waals surface area contributed by atoms with E-state index >= 15 is 0 Å². The van der Waals surface area contributed by atoms with Gasteiger partial charge < -0.3 is 9.73 Å². The van der Waals surface area contributed by atoms with Crippen LogP contribution >= 0.6 is 0 Å². The molecule has 2 rings (SSSR count). The molecule has 1 aliphatic rings. The highest BCUT2D eigenvalue weighted by Gasteiger charge is 2.20. The van der Waals surface area contributed by atoms with Crippen LogP contribution in [0.2, 0.25) is 0 Å². The third kappa shape index (κ3) is 5.13. The predicted octanol–water partition coefficient (Wildman–Crippen LogP) is 1.71. The number of nitrogens with one attached hydrogen (secondary N) is 1. The summed E-state index contributed by atoms with van der Waals surface area (Å²) in [6, 6.07) is 2.09.